The zero-order valence-electron chi connectivity index (χ0n) is 13.5. The molecule has 0 saturated heterocycles. The lowest BCUT2D eigenvalue weighted by atomic mass is 10.3. The van der Waals surface area contributed by atoms with E-state index in [0.717, 1.165) is 4.31 Å². The van der Waals surface area contributed by atoms with E-state index in [1.807, 2.05) is 0 Å². The summed E-state index contributed by atoms with van der Waals surface area (Å²) in [7, 11) is -0.777. The van der Waals surface area contributed by atoms with Crippen LogP contribution in [0.2, 0.25) is 0 Å². The summed E-state index contributed by atoms with van der Waals surface area (Å²) in [4.78, 5) is 11.9. The Kier molecular flexibility index (Phi) is 7.60. The minimum absolute atomic E-state index is 0.0286. The topological polar surface area (TPSA) is 75.7 Å². The minimum Gasteiger partial charge on any atom is -0.492 e. The van der Waals surface area contributed by atoms with Crippen LogP contribution < -0.4 is 10.1 Å². The number of sulfonamides is 1. The summed E-state index contributed by atoms with van der Waals surface area (Å²) in [5.41, 5.74) is 0.415. The van der Waals surface area contributed by atoms with Gasteiger partial charge in [-0.1, -0.05) is 6.08 Å². The van der Waals surface area contributed by atoms with Crippen molar-refractivity contribution in [1.82, 2.24) is 4.31 Å². The van der Waals surface area contributed by atoms with Crippen LogP contribution in [0.4, 0.5) is 5.69 Å². The maximum absolute atomic E-state index is 12.4. The van der Waals surface area contributed by atoms with Gasteiger partial charge in [0.25, 0.3) is 0 Å². The number of carbonyl (C=O) groups is 1. The van der Waals surface area contributed by atoms with Gasteiger partial charge >= 0.3 is 0 Å². The Balaban J connectivity index is 3.04. The summed E-state index contributed by atoms with van der Waals surface area (Å²) in [5, 5.41) is 2.69. The lowest BCUT2D eigenvalue weighted by molar-refractivity contribution is -0.113. The molecule has 1 rings (SSSR count). The summed E-state index contributed by atoms with van der Waals surface area (Å²) in [6.45, 7) is 5.71. The smallest absolute Gasteiger partial charge is 0.246 e. The Morgan fingerprint density at radius 3 is 2.70 bits per heavy atom. The molecular weight excluding hydrogens is 336 g/mol. The molecule has 0 bridgehead atoms. The zero-order valence-corrected chi connectivity index (χ0v) is 15.2. The van der Waals surface area contributed by atoms with Crippen LogP contribution in [-0.4, -0.2) is 50.8 Å². The number of amides is 1. The molecule has 0 aliphatic carbocycles. The van der Waals surface area contributed by atoms with Gasteiger partial charge in [0.1, 0.15) is 10.6 Å². The first-order valence-electron chi connectivity index (χ1n) is 7.00. The van der Waals surface area contributed by atoms with E-state index in [-0.39, 0.29) is 22.3 Å². The van der Waals surface area contributed by atoms with Gasteiger partial charge in [0.2, 0.25) is 15.9 Å². The highest BCUT2D eigenvalue weighted by atomic mass is 32.2. The minimum atomic E-state index is -3.67. The second kappa shape index (κ2) is 8.95. The lowest BCUT2D eigenvalue weighted by Crippen LogP contribution is -2.23. The number of ether oxygens (including phenoxy) is 1. The van der Waals surface area contributed by atoms with E-state index in [0.29, 0.717) is 18.0 Å². The fraction of sp³-hybridized carbons (Fsp3) is 0.400. The number of benzene rings is 1. The Morgan fingerprint density at radius 1 is 1.43 bits per heavy atom. The highest BCUT2D eigenvalue weighted by molar-refractivity contribution is 8.00. The molecule has 0 aliphatic heterocycles. The molecule has 0 fully saturated rings. The van der Waals surface area contributed by atoms with Crippen molar-refractivity contribution in [2.24, 2.45) is 0 Å². The van der Waals surface area contributed by atoms with Gasteiger partial charge in [-0.3, -0.25) is 4.79 Å². The Morgan fingerprint density at radius 2 is 2.13 bits per heavy atom. The van der Waals surface area contributed by atoms with Crippen molar-refractivity contribution in [1.29, 1.82) is 0 Å². The van der Waals surface area contributed by atoms with Gasteiger partial charge < -0.3 is 10.1 Å². The average Bonchev–Trinajstić information content (AvgIpc) is 2.49. The summed E-state index contributed by atoms with van der Waals surface area (Å²) in [6, 6.07) is 4.58. The van der Waals surface area contributed by atoms with Crippen LogP contribution in [0.25, 0.3) is 0 Å². The number of thioether (sulfide) groups is 1. The van der Waals surface area contributed by atoms with Crippen LogP contribution >= 0.6 is 11.8 Å². The molecule has 0 atom stereocenters. The Hall–Kier alpha value is -1.51. The maximum Gasteiger partial charge on any atom is 0.246 e. The monoisotopic (exact) mass is 358 g/mol. The van der Waals surface area contributed by atoms with Crippen LogP contribution in [0, 0.1) is 0 Å². The second-order valence-electron chi connectivity index (χ2n) is 4.73. The molecule has 1 N–H and O–H groups in total. The third kappa shape index (κ3) is 5.56. The zero-order chi connectivity index (χ0) is 17.5. The average molecular weight is 358 g/mol. The first kappa shape index (κ1) is 19.5. The van der Waals surface area contributed by atoms with Crippen LogP contribution in [0.5, 0.6) is 5.75 Å². The molecule has 0 heterocycles. The first-order chi connectivity index (χ1) is 10.8. The molecule has 1 amide bonds. The van der Waals surface area contributed by atoms with Crippen LogP contribution in [0.1, 0.15) is 6.92 Å². The molecule has 6 nitrogen and oxygen atoms in total. The van der Waals surface area contributed by atoms with Gasteiger partial charge in [-0.25, -0.2) is 12.7 Å². The fourth-order valence-electron chi connectivity index (χ4n) is 1.69. The highest BCUT2D eigenvalue weighted by Crippen LogP contribution is 2.29. The Labute approximate surface area is 141 Å². The van der Waals surface area contributed by atoms with E-state index >= 15 is 0 Å². The van der Waals surface area contributed by atoms with Gasteiger partial charge in [-0.05, 0) is 25.1 Å². The van der Waals surface area contributed by atoms with Gasteiger partial charge in [-0.15, -0.1) is 18.3 Å². The molecular formula is C15H22N2O4S2. The van der Waals surface area contributed by atoms with E-state index < -0.39 is 10.0 Å². The summed E-state index contributed by atoms with van der Waals surface area (Å²) in [6.07, 6.45) is 1.72. The molecule has 0 aliphatic rings. The number of hydrogen-bond donors (Lipinski definition) is 1. The third-order valence-electron chi connectivity index (χ3n) is 2.75. The predicted octanol–water partition coefficient (Wildman–Crippen LogP) is 2.19. The maximum atomic E-state index is 12.4. The molecule has 0 unspecified atom stereocenters. The van der Waals surface area contributed by atoms with E-state index in [9.17, 15) is 13.2 Å². The molecule has 0 saturated carbocycles. The summed E-state index contributed by atoms with van der Waals surface area (Å²) in [5.74, 6) is 1.01. The van der Waals surface area contributed by atoms with Crippen molar-refractivity contribution in [3.63, 3.8) is 0 Å². The largest absolute Gasteiger partial charge is 0.492 e. The molecule has 8 heteroatoms. The van der Waals surface area contributed by atoms with Crippen LogP contribution in [0.15, 0.2) is 35.7 Å². The van der Waals surface area contributed by atoms with Gasteiger partial charge in [-0.2, -0.15) is 0 Å². The van der Waals surface area contributed by atoms with E-state index in [1.54, 1.807) is 25.1 Å². The van der Waals surface area contributed by atoms with Crippen molar-refractivity contribution < 1.29 is 17.9 Å². The standard InChI is InChI=1S/C15H22N2O4S2/c1-5-9-22-11-15(18)16-12-7-8-13(21-6-2)14(10-12)23(19,20)17(3)4/h5,7-8,10H,1,6,9,11H2,2-4H3,(H,16,18). The van der Waals surface area contributed by atoms with E-state index in [2.05, 4.69) is 11.9 Å². The van der Waals surface area contributed by atoms with E-state index in [1.165, 1.54) is 31.9 Å². The van der Waals surface area contributed by atoms with Gasteiger partial charge in [0.15, 0.2) is 0 Å². The number of hydrogen-bond acceptors (Lipinski definition) is 5. The van der Waals surface area contributed by atoms with E-state index in [4.69, 9.17) is 4.74 Å². The van der Waals surface area contributed by atoms with Crippen molar-refractivity contribution in [3.05, 3.63) is 30.9 Å². The third-order valence-corrected chi connectivity index (χ3v) is 5.53. The predicted molar refractivity (Wildman–Crippen MR) is 94.6 cm³/mol. The number of anilines is 1. The molecule has 1 aromatic carbocycles. The molecule has 0 spiro atoms. The fourth-order valence-corrected chi connectivity index (χ4v) is 3.28. The van der Waals surface area contributed by atoms with Gasteiger partial charge in [0, 0.05) is 25.5 Å². The molecule has 0 radical (unpaired) electrons. The second-order valence-corrected chi connectivity index (χ2v) is 7.88. The molecule has 128 valence electrons. The summed E-state index contributed by atoms with van der Waals surface area (Å²) < 4.78 is 31.3. The number of rotatable bonds is 9. The normalized spacial score (nSPS) is 11.3. The van der Waals surface area contributed by atoms with Crippen molar-refractivity contribution in [2.75, 3.05) is 37.5 Å². The van der Waals surface area contributed by atoms with Crippen LogP contribution in [0.3, 0.4) is 0 Å². The van der Waals surface area contributed by atoms with Crippen molar-refractivity contribution >= 4 is 33.4 Å². The highest BCUT2D eigenvalue weighted by Gasteiger charge is 2.23. The number of nitrogens with one attached hydrogen (secondary N) is 1. The Bertz CT molecular complexity index is 657. The first-order valence-corrected chi connectivity index (χ1v) is 9.60. The van der Waals surface area contributed by atoms with Crippen molar-refractivity contribution in [2.45, 2.75) is 11.8 Å². The summed E-state index contributed by atoms with van der Waals surface area (Å²) >= 11 is 1.43. The SMILES string of the molecule is C=CCSCC(=O)Nc1ccc(OCC)c(S(=O)(=O)N(C)C)c1. The van der Waals surface area contributed by atoms with Crippen molar-refractivity contribution in [3.8, 4) is 5.75 Å². The number of carbonyl (C=O) groups excluding carboxylic acids is 1. The lowest BCUT2D eigenvalue weighted by Gasteiger charge is -2.16. The molecule has 1 aromatic rings. The quantitative estimate of drug-likeness (QED) is 0.541. The van der Waals surface area contributed by atoms with Gasteiger partial charge in [0.05, 0.1) is 12.4 Å². The number of nitrogens with zero attached hydrogens (tertiary/aromatic N) is 1. The van der Waals surface area contributed by atoms with Crippen LogP contribution in [-0.2, 0) is 14.8 Å². The molecule has 23 heavy (non-hydrogen) atoms. The molecule has 0 aromatic heterocycles.